The van der Waals surface area contributed by atoms with Crippen molar-refractivity contribution in [1.82, 2.24) is 14.9 Å². The Morgan fingerprint density at radius 3 is 2.62 bits per heavy atom. The van der Waals surface area contributed by atoms with E-state index in [1.165, 1.54) is 5.56 Å². The predicted molar refractivity (Wildman–Crippen MR) is 115 cm³/mol. The van der Waals surface area contributed by atoms with Crippen LogP contribution in [0.4, 0.5) is 16.6 Å². The first-order valence-corrected chi connectivity index (χ1v) is 10.0. The molecule has 1 saturated heterocycles. The SMILES string of the molecule is CC(C)(C)c1ccc2oc(NC(=O)N3CCN(c4ncccc4Cl)CC3)nc2c1. The van der Waals surface area contributed by atoms with E-state index in [4.69, 9.17) is 16.0 Å². The number of oxazole rings is 1. The van der Waals surface area contributed by atoms with E-state index >= 15 is 0 Å². The van der Waals surface area contributed by atoms with E-state index in [-0.39, 0.29) is 17.5 Å². The lowest BCUT2D eigenvalue weighted by Gasteiger charge is -2.35. The number of halogens is 1. The number of amides is 2. The van der Waals surface area contributed by atoms with E-state index < -0.39 is 0 Å². The van der Waals surface area contributed by atoms with Crippen molar-refractivity contribution in [1.29, 1.82) is 0 Å². The van der Waals surface area contributed by atoms with Crippen LogP contribution in [-0.2, 0) is 5.41 Å². The number of piperazine rings is 1. The molecule has 0 unspecified atom stereocenters. The number of anilines is 2. The second-order valence-electron chi connectivity index (χ2n) is 8.16. The summed E-state index contributed by atoms with van der Waals surface area (Å²) in [4.78, 5) is 25.2. The van der Waals surface area contributed by atoms with Crippen molar-refractivity contribution in [2.24, 2.45) is 0 Å². The largest absolute Gasteiger partial charge is 0.423 e. The minimum absolute atomic E-state index is 0.0206. The van der Waals surface area contributed by atoms with Gasteiger partial charge in [-0.15, -0.1) is 0 Å². The number of urea groups is 1. The number of carbonyl (C=O) groups excluding carboxylic acids is 1. The van der Waals surface area contributed by atoms with Gasteiger partial charge in [0.1, 0.15) is 11.3 Å². The van der Waals surface area contributed by atoms with Crippen LogP contribution < -0.4 is 10.2 Å². The lowest BCUT2D eigenvalue weighted by atomic mass is 9.87. The second-order valence-corrected chi connectivity index (χ2v) is 8.57. The Kier molecular flexibility index (Phi) is 5.08. The molecule has 7 nitrogen and oxygen atoms in total. The third-order valence-corrected chi connectivity index (χ3v) is 5.37. The summed E-state index contributed by atoms with van der Waals surface area (Å²) in [7, 11) is 0. The molecule has 0 atom stereocenters. The molecule has 1 aliphatic heterocycles. The summed E-state index contributed by atoms with van der Waals surface area (Å²) in [6.45, 7) is 8.89. The number of aromatic nitrogens is 2. The molecule has 152 valence electrons. The Morgan fingerprint density at radius 1 is 1.17 bits per heavy atom. The minimum Gasteiger partial charge on any atom is -0.423 e. The molecule has 4 rings (SSSR count). The first kappa shape index (κ1) is 19.5. The highest BCUT2D eigenvalue weighted by atomic mass is 35.5. The number of nitrogens with one attached hydrogen (secondary N) is 1. The Balaban J connectivity index is 1.40. The van der Waals surface area contributed by atoms with Gasteiger partial charge in [-0.3, -0.25) is 5.32 Å². The lowest BCUT2D eigenvalue weighted by molar-refractivity contribution is 0.207. The maximum absolute atomic E-state index is 12.6. The van der Waals surface area contributed by atoms with Gasteiger partial charge in [-0.05, 0) is 35.2 Å². The molecule has 2 amide bonds. The molecule has 1 aliphatic rings. The summed E-state index contributed by atoms with van der Waals surface area (Å²) < 4.78 is 5.70. The van der Waals surface area contributed by atoms with Crippen LogP contribution in [0.2, 0.25) is 5.02 Å². The second kappa shape index (κ2) is 7.55. The van der Waals surface area contributed by atoms with Crippen LogP contribution in [0.5, 0.6) is 0 Å². The summed E-state index contributed by atoms with van der Waals surface area (Å²) >= 11 is 6.22. The van der Waals surface area contributed by atoms with E-state index in [1.54, 1.807) is 17.2 Å². The van der Waals surface area contributed by atoms with Crippen LogP contribution in [0.1, 0.15) is 26.3 Å². The van der Waals surface area contributed by atoms with Crippen LogP contribution in [0.15, 0.2) is 40.9 Å². The summed E-state index contributed by atoms with van der Waals surface area (Å²) in [5, 5.41) is 3.39. The number of nitrogens with zero attached hydrogens (tertiary/aromatic N) is 4. The number of carbonyl (C=O) groups is 1. The fourth-order valence-corrected chi connectivity index (χ4v) is 3.59. The van der Waals surface area contributed by atoms with Crippen LogP contribution in [0.25, 0.3) is 11.1 Å². The standard InChI is InChI=1S/C21H24ClN5O2/c1-21(2,3)14-6-7-17-16(13-14)24-19(29-17)25-20(28)27-11-9-26(10-12-27)18-15(22)5-4-8-23-18/h4-8,13H,9-12H2,1-3H3,(H,24,25,28). The maximum atomic E-state index is 12.6. The van der Waals surface area contributed by atoms with Gasteiger partial charge in [-0.25, -0.2) is 9.78 Å². The Labute approximate surface area is 174 Å². The first-order chi connectivity index (χ1) is 13.8. The van der Waals surface area contributed by atoms with Gasteiger partial charge >= 0.3 is 12.0 Å². The van der Waals surface area contributed by atoms with Gasteiger partial charge in [0.25, 0.3) is 0 Å². The van der Waals surface area contributed by atoms with Crippen LogP contribution in [-0.4, -0.2) is 47.1 Å². The summed E-state index contributed by atoms with van der Waals surface area (Å²) in [6, 6.07) is 9.55. The highest BCUT2D eigenvalue weighted by Crippen LogP contribution is 2.28. The Morgan fingerprint density at radius 2 is 1.93 bits per heavy atom. The molecule has 0 spiro atoms. The summed E-state index contributed by atoms with van der Waals surface area (Å²) in [5.41, 5.74) is 2.58. The molecule has 0 bridgehead atoms. The minimum atomic E-state index is -0.223. The van der Waals surface area contributed by atoms with Crippen molar-refractivity contribution < 1.29 is 9.21 Å². The lowest BCUT2D eigenvalue weighted by Crippen LogP contribution is -2.50. The van der Waals surface area contributed by atoms with Crippen LogP contribution in [0.3, 0.4) is 0 Å². The summed E-state index contributed by atoms with van der Waals surface area (Å²) in [5.74, 6) is 0.753. The normalized spacial score (nSPS) is 15.0. The molecule has 1 fully saturated rings. The average molecular weight is 414 g/mol. The van der Waals surface area contributed by atoms with E-state index in [1.807, 2.05) is 24.3 Å². The number of pyridine rings is 1. The zero-order chi connectivity index (χ0) is 20.6. The maximum Gasteiger partial charge on any atom is 0.325 e. The third kappa shape index (κ3) is 4.15. The third-order valence-electron chi connectivity index (χ3n) is 5.07. The van der Waals surface area contributed by atoms with Crippen molar-refractivity contribution in [3.63, 3.8) is 0 Å². The van der Waals surface area contributed by atoms with Gasteiger partial charge in [0.2, 0.25) is 0 Å². The van der Waals surface area contributed by atoms with Gasteiger partial charge in [0, 0.05) is 32.4 Å². The first-order valence-electron chi connectivity index (χ1n) is 9.64. The molecule has 8 heteroatoms. The average Bonchev–Trinajstić information content (AvgIpc) is 3.09. The number of fused-ring (bicyclic) bond motifs is 1. The van der Waals surface area contributed by atoms with E-state index in [0.29, 0.717) is 36.8 Å². The monoisotopic (exact) mass is 413 g/mol. The molecule has 3 heterocycles. The molecule has 29 heavy (non-hydrogen) atoms. The molecular formula is C21H24ClN5O2. The molecule has 0 aliphatic carbocycles. The van der Waals surface area contributed by atoms with E-state index in [2.05, 4.69) is 41.0 Å². The van der Waals surface area contributed by atoms with Gasteiger partial charge in [0.05, 0.1) is 5.02 Å². The number of benzene rings is 1. The molecule has 0 saturated carbocycles. The quantitative estimate of drug-likeness (QED) is 0.668. The van der Waals surface area contributed by atoms with E-state index in [9.17, 15) is 4.79 Å². The van der Waals surface area contributed by atoms with Gasteiger partial charge < -0.3 is 14.2 Å². The van der Waals surface area contributed by atoms with Gasteiger partial charge in [-0.1, -0.05) is 38.4 Å². The highest BCUT2D eigenvalue weighted by Gasteiger charge is 2.24. The number of hydrogen-bond acceptors (Lipinski definition) is 5. The summed E-state index contributed by atoms with van der Waals surface area (Å²) in [6.07, 6.45) is 1.72. The molecule has 2 aromatic heterocycles. The zero-order valence-corrected chi connectivity index (χ0v) is 17.5. The number of rotatable bonds is 2. The molecule has 3 aromatic rings. The molecule has 1 N–H and O–H groups in total. The van der Waals surface area contributed by atoms with Crippen molar-refractivity contribution in [2.75, 3.05) is 36.4 Å². The fraction of sp³-hybridized carbons (Fsp3) is 0.381. The molecular weight excluding hydrogens is 390 g/mol. The molecule has 0 radical (unpaired) electrons. The predicted octanol–water partition coefficient (Wildman–Crippen LogP) is 4.53. The van der Waals surface area contributed by atoms with Crippen LogP contribution >= 0.6 is 11.6 Å². The Bertz CT molecular complexity index is 1030. The highest BCUT2D eigenvalue weighted by molar-refractivity contribution is 6.32. The topological polar surface area (TPSA) is 74.5 Å². The van der Waals surface area contributed by atoms with Crippen molar-refractivity contribution in [2.45, 2.75) is 26.2 Å². The van der Waals surface area contributed by atoms with Crippen molar-refractivity contribution in [3.05, 3.63) is 47.1 Å². The van der Waals surface area contributed by atoms with Crippen molar-refractivity contribution in [3.8, 4) is 0 Å². The van der Waals surface area contributed by atoms with E-state index in [0.717, 1.165) is 11.3 Å². The van der Waals surface area contributed by atoms with Crippen LogP contribution in [0, 0.1) is 0 Å². The zero-order valence-electron chi connectivity index (χ0n) is 16.8. The molecule has 1 aromatic carbocycles. The Hall–Kier alpha value is -2.80. The van der Waals surface area contributed by atoms with Gasteiger partial charge in [0.15, 0.2) is 5.58 Å². The fourth-order valence-electron chi connectivity index (χ4n) is 3.35. The number of hydrogen-bond donors (Lipinski definition) is 1. The smallest absolute Gasteiger partial charge is 0.325 e. The van der Waals surface area contributed by atoms with Gasteiger partial charge in [-0.2, -0.15) is 4.98 Å². The van der Waals surface area contributed by atoms with Crippen molar-refractivity contribution >= 4 is 40.6 Å².